The summed E-state index contributed by atoms with van der Waals surface area (Å²) < 4.78 is 4.68. The van der Waals surface area contributed by atoms with Crippen LogP contribution in [0.2, 0.25) is 0 Å². The maximum atomic E-state index is 11.0. The summed E-state index contributed by atoms with van der Waals surface area (Å²) in [5.41, 5.74) is 15.9. The van der Waals surface area contributed by atoms with Crippen molar-refractivity contribution in [2.24, 2.45) is 0 Å². The molecule has 66 heavy (non-hydrogen) atoms. The van der Waals surface area contributed by atoms with Crippen LogP contribution in [0.4, 0.5) is 0 Å². The number of nitriles is 1. The Bertz CT molecular complexity index is 3820. The molecule has 310 valence electrons. The van der Waals surface area contributed by atoms with Crippen molar-refractivity contribution in [1.29, 1.82) is 5.26 Å². The highest BCUT2D eigenvalue weighted by atomic mass is 15.0. The van der Waals surface area contributed by atoms with Crippen LogP contribution in [0.25, 0.3) is 111 Å². The Balaban J connectivity index is 1.05. The molecule has 0 spiro atoms. The van der Waals surface area contributed by atoms with Crippen LogP contribution in [0.5, 0.6) is 0 Å². The largest absolute Gasteiger partial charge is 0.309 e. The highest BCUT2D eigenvalue weighted by Gasteiger charge is 2.21. The molecule has 0 atom stereocenters. The number of para-hydroxylation sites is 2. The lowest BCUT2D eigenvalue weighted by molar-refractivity contribution is 1.07. The van der Waals surface area contributed by atoms with Gasteiger partial charge in [-0.15, -0.1) is 0 Å². The molecule has 0 saturated carbocycles. The number of fused-ring (bicyclic) bond motifs is 6. The van der Waals surface area contributed by atoms with Gasteiger partial charge >= 0.3 is 0 Å². The fourth-order valence-electron chi connectivity index (χ4n) is 9.59. The third kappa shape index (κ3) is 6.53. The first kappa shape index (κ1) is 38.7. The topological polar surface area (TPSA) is 72.3 Å². The molecule has 0 amide bonds. The van der Waals surface area contributed by atoms with Crippen LogP contribution in [-0.2, 0) is 0 Å². The van der Waals surface area contributed by atoms with Crippen LogP contribution < -0.4 is 0 Å². The van der Waals surface area contributed by atoms with E-state index in [1.807, 2.05) is 66.7 Å². The number of nitrogens with zero attached hydrogens (tertiary/aromatic N) is 6. The molecule has 0 aliphatic heterocycles. The summed E-state index contributed by atoms with van der Waals surface area (Å²) in [6, 6.07) is 74.5. The minimum Gasteiger partial charge on any atom is -0.309 e. The molecular formula is C60H40N6. The smallest absolute Gasteiger partial charge is 0.165 e. The zero-order chi connectivity index (χ0) is 44.3. The molecule has 12 rings (SSSR count). The van der Waals surface area contributed by atoms with Gasteiger partial charge in [-0.2, -0.15) is 5.26 Å². The van der Waals surface area contributed by atoms with Crippen molar-refractivity contribution < 1.29 is 0 Å². The molecule has 0 aliphatic rings. The van der Waals surface area contributed by atoms with Crippen molar-refractivity contribution in [3.05, 3.63) is 223 Å². The molecule has 0 bridgehead atoms. The van der Waals surface area contributed by atoms with E-state index >= 15 is 0 Å². The normalized spacial score (nSPS) is 11.5. The number of aryl methyl sites for hydroxylation is 2. The van der Waals surface area contributed by atoms with Crippen molar-refractivity contribution in [3.63, 3.8) is 0 Å². The van der Waals surface area contributed by atoms with Gasteiger partial charge in [0.1, 0.15) is 0 Å². The van der Waals surface area contributed by atoms with Gasteiger partial charge in [0.25, 0.3) is 0 Å². The zero-order valence-corrected chi connectivity index (χ0v) is 36.3. The number of hydrogen-bond donors (Lipinski definition) is 0. The first-order chi connectivity index (χ1) is 32.5. The Kier molecular flexibility index (Phi) is 9.22. The average molecular weight is 845 g/mol. The summed E-state index contributed by atoms with van der Waals surface area (Å²) in [5.74, 6) is 1.51. The maximum absolute atomic E-state index is 11.0. The fraction of sp³-hybridized carbons (Fsp3) is 0.0333. The van der Waals surface area contributed by atoms with Crippen LogP contribution in [0.1, 0.15) is 16.7 Å². The second-order valence-corrected chi connectivity index (χ2v) is 16.9. The van der Waals surface area contributed by atoms with Gasteiger partial charge in [-0.05, 0) is 109 Å². The van der Waals surface area contributed by atoms with E-state index in [0.717, 1.165) is 66.8 Å². The van der Waals surface area contributed by atoms with Crippen molar-refractivity contribution in [2.75, 3.05) is 0 Å². The number of aromatic nitrogens is 5. The van der Waals surface area contributed by atoms with Crippen LogP contribution >= 0.6 is 0 Å². The molecule has 6 heteroatoms. The van der Waals surface area contributed by atoms with Gasteiger partial charge in [0.2, 0.25) is 0 Å². The second kappa shape index (κ2) is 15.7. The zero-order valence-electron chi connectivity index (χ0n) is 36.3. The third-order valence-electron chi connectivity index (χ3n) is 12.7. The predicted molar refractivity (Wildman–Crippen MR) is 270 cm³/mol. The molecule has 0 N–H and O–H groups in total. The Morgan fingerprint density at radius 2 is 0.758 bits per heavy atom. The first-order valence-corrected chi connectivity index (χ1v) is 22.2. The molecule has 3 heterocycles. The van der Waals surface area contributed by atoms with E-state index in [-0.39, 0.29) is 0 Å². The summed E-state index contributed by atoms with van der Waals surface area (Å²) in [7, 11) is 0. The summed E-state index contributed by atoms with van der Waals surface area (Å²) in [6.45, 7) is 4.28. The van der Waals surface area contributed by atoms with Gasteiger partial charge in [-0.1, -0.05) is 145 Å². The van der Waals surface area contributed by atoms with Gasteiger partial charge in [0.15, 0.2) is 17.5 Å². The molecule has 0 radical (unpaired) electrons. The quantitative estimate of drug-likeness (QED) is 0.160. The molecule has 3 aromatic heterocycles. The highest BCUT2D eigenvalue weighted by molar-refractivity contribution is 6.10. The van der Waals surface area contributed by atoms with E-state index < -0.39 is 0 Å². The third-order valence-corrected chi connectivity index (χ3v) is 12.7. The first-order valence-electron chi connectivity index (χ1n) is 22.2. The molecule has 0 unspecified atom stereocenters. The van der Waals surface area contributed by atoms with Gasteiger partial charge < -0.3 is 9.13 Å². The van der Waals surface area contributed by atoms with Crippen molar-refractivity contribution in [3.8, 4) is 73.9 Å². The monoisotopic (exact) mass is 844 g/mol. The minimum absolute atomic E-state index is 0.432. The predicted octanol–water partition coefficient (Wildman–Crippen LogP) is 14.9. The SMILES string of the molecule is Cc1ccc2c(c1)c1ccccc1n2-c1ccc(-c2cc(C#N)c(-c3nc(-c4ccccc4)nc(-c4ccccc4)n3)cc2-c2ccc(-n3c4ccccc4c4cc(C)ccc43)cc2)cc1. The number of hydrogen-bond acceptors (Lipinski definition) is 4. The Morgan fingerprint density at radius 3 is 1.23 bits per heavy atom. The Labute approximate surface area is 382 Å². The molecule has 6 nitrogen and oxygen atoms in total. The lowest BCUT2D eigenvalue weighted by Crippen LogP contribution is -2.02. The molecular weight excluding hydrogens is 805 g/mol. The molecule has 9 aromatic carbocycles. The van der Waals surface area contributed by atoms with Crippen LogP contribution in [0.3, 0.4) is 0 Å². The fourth-order valence-corrected chi connectivity index (χ4v) is 9.59. The van der Waals surface area contributed by atoms with E-state index in [1.165, 1.54) is 32.7 Å². The van der Waals surface area contributed by atoms with Gasteiger partial charge in [-0.3, -0.25) is 0 Å². The van der Waals surface area contributed by atoms with Crippen molar-refractivity contribution >= 4 is 43.6 Å². The van der Waals surface area contributed by atoms with E-state index in [4.69, 9.17) is 15.0 Å². The Morgan fingerprint density at radius 1 is 0.348 bits per heavy atom. The summed E-state index contributed by atoms with van der Waals surface area (Å²) in [5, 5.41) is 15.9. The van der Waals surface area contributed by atoms with Crippen LogP contribution in [0.15, 0.2) is 206 Å². The number of rotatable bonds is 7. The van der Waals surface area contributed by atoms with Crippen molar-refractivity contribution in [1.82, 2.24) is 24.1 Å². The van der Waals surface area contributed by atoms with E-state index in [9.17, 15) is 5.26 Å². The lowest BCUT2D eigenvalue weighted by atomic mass is 9.89. The maximum Gasteiger partial charge on any atom is 0.165 e. The van der Waals surface area contributed by atoms with Gasteiger partial charge in [0.05, 0.1) is 33.7 Å². The van der Waals surface area contributed by atoms with Crippen LogP contribution in [-0.4, -0.2) is 24.1 Å². The second-order valence-electron chi connectivity index (χ2n) is 16.9. The number of benzene rings is 9. The standard InChI is InChI=1S/C60H40N6/c1-38-21-31-56-52(33-38)47-17-9-11-19-54(47)65(56)45-27-23-40(24-28-45)49-35-44(37-61)51(60-63-58(42-13-5-3-6-14-42)62-59(64-60)43-15-7-4-8-16-43)36-50(49)41-25-29-46(30-26-41)66-55-20-12-10-18-48(55)53-34-39(2)22-32-57(53)66/h3-36H,1-2H3. The lowest BCUT2D eigenvalue weighted by Gasteiger charge is -2.17. The molecule has 0 aliphatic carbocycles. The van der Waals surface area contributed by atoms with Gasteiger partial charge in [0, 0.05) is 49.6 Å². The van der Waals surface area contributed by atoms with E-state index in [1.54, 1.807) is 0 Å². The average Bonchev–Trinajstić information content (AvgIpc) is 3.88. The summed E-state index contributed by atoms with van der Waals surface area (Å²) >= 11 is 0. The Hall–Kier alpha value is -8.92. The molecule has 12 aromatic rings. The summed E-state index contributed by atoms with van der Waals surface area (Å²) in [4.78, 5) is 15.1. The van der Waals surface area contributed by atoms with Gasteiger partial charge in [-0.25, -0.2) is 15.0 Å². The van der Waals surface area contributed by atoms with E-state index in [2.05, 4.69) is 169 Å². The van der Waals surface area contributed by atoms with E-state index in [0.29, 0.717) is 28.6 Å². The van der Waals surface area contributed by atoms with Crippen LogP contribution in [0, 0.1) is 25.2 Å². The molecule has 0 fully saturated rings. The molecule has 0 saturated heterocycles. The van der Waals surface area contributed by atoms with Crippen molar-refractivity contribution in [2.45, 2.75) is 13.8 Å². The summed E-state index contributed by atoms with van der Waals surface area (Å²) in [6.07, 6.45) is 0. The minimum atomic E-state index is 0.432. The highest BCUT2D eigenvalue weighted by Crippen LogP contribution is 2.41.